The van der Waals surface area contributed by atoms with Gasteiger partial charge < -0.3 is 19.9 Å². The Morgan fingerprint density at radius 2 is 2.00 bits per heavy atom. The van der Waals surface area contributed by atoms with Crippen LogP contribution in [0, 0.1) is 0 Å². The molecular formula is C17H23BrClN3O3. The van der Waals surface area contributed by atoms with Crippen LogP contribution in [0.1, 0.15) is 27.7 Å². The lowest BCUT2D eigenvalue weighted by molar-refractivity contribution is 0.0112. The van der Waals surface area contributed by atoms with Gasteiger partial charge in [0.25, 0.3) is 0 Å². The fourth-order valence-corrected chi connectivity index (χ4v) is 3.25. The van der Waals surface area contributed by atoms with E-state index in [-0.39, 0.29) is 18.2 Å². The molecular weight excluding hydrogens is 410 g/mol. The highest BCUT2D eigenvalue weighted by Gasteiger charge is 2.32. The molecule has 1 fully saturated rings. The lowest BCUT2D eigenvalue weighted by atomic mass is 10.2. The average molecular weight is 433 g/mol. The van der Waals surface area contributed by atoms with Crippen molar-refractivity contribution in [3.63, 3.8) is 0 Å². The number of amides is 3. The maximum atomic E-state index is 12.5. The second kappa shape index (κ2) is 7.83. The van der Waals surface area contributed by atoms with Crippen molar-refractivity contribution in [1.82, 2.24) is 9.80 Å². The van der Waals surface area contributed by atoms with E-state index in [9.17, 15) is 9.59 Å². The van der Waals surface area contributed by atoms with Gasteiger partial charge in [0.05, 0.1) is 10.7 Å². The Labute approximate surface area is 161 Å². The molecule has 1 aromatic rings. The van der Waals surface area contributed by atoms with E-state index in [4.69, 9.17) is 16.3 Å². The average Bonchev–Trinajstić information content (AvgIpc) is 2.48. The number of rotatable bonds is 1. The Morgan fingerprint density at radius 3 is 2.56 bits per heavy atom. The summed E-state index contributed by atoms with van der Waals surface area (Å²) in [7, 11) is 0. The van der Waals surface area contributed by atoms with Crippen molar-refractivity contribution in [2.24, 2.45) is 0 Å². The third-order valence-electron chi connectivity index (χ3n) is 3.71. The van der Waals surface area contributed by atoms with E-state index in [0.29, 0.717) is 30.3 Å². The minimum Gasteiger partial charge on any atom is -0.444 e. The Hall–Kier alpha value is -1.47. The van der Waals surface area contributed by atoms with Crippen molar-refractivity contribution in [3.05, 3.63) is 27.7 Å². The van der Waals surface area contributed by atoms with Crippen LogP contribution >= 0.6 is 27.5 Å². The van der Waals surface area contributed by atoms with Crippen LogP contribution in [-0.2, 0) is 4.74 Å². The van der Waals surface area contributed by atoms with Gasteiger partial charge in [0.2, 0.25) is 0 Å². The number of piperazine rings is 1. The van der Waals surface area contributed by atoms with Crippen LogP contribution in [0.2, 0.25) is 5.02 Å². The summed E-state index contributed by atoms with van der Waals surface area (Å²) in [4.78, 5) is 28.0. The van der Waals surface area contributed by atoms with Crippen LogP contribution in [0.5, 0.6) is 0 Å². The molecule has 0 bridgehead atoms. The molecule has 0 aromatic heterocycles. The Bertz CT molecular complexity index is 663. The predicted molar refractivity (Wildman–Crippen MR) is 102 cm³/mol. The first-order chi connectivity index (χ1) is 11.6. The number of hydrogen-bond donors (Lipinski definition) is 1. The quantitative estimate of drug-likeness (QED) is 0.707. The van der Waals surface area contributed by atoms with Crippen molar-refractivity contribution < 1.29 is 14.3 Å². The van der Waals surface area contributed by atoms with Gasteiger partial charge in [-0.05, 0) is 45.9 Å². The molecule has 8 heteroatoms. The molecule has 1 heterocycles. The third-order valence-corrected chi connectivity index (χ3v) is 4.52. The van der Waals surface area contributed by atoms with E-state index < -0.39 is 5.60 Å². The van der Waals surface area contributed by atoms with Crippen LogP contribution < -0.4 is 5.32 Å². The maximum absolute atomic E-state index is 12.5. The molecule has 1 aromatic carbocycles. The van der Waals surface area contributed by atoms with Gasteiger partial charge in [-0.25, -0.2) is 9.59 Å². The Morgan fingerprint density at radius 1 is 1.32 bits per heavy atom. The van der Waals surface area contributed by atoms with Crippen molar-refractivity contribution in [2.75, 3.05) is 25.0 Å². The highest BCUT2D eigenvalue weighted by molar-refractivity contribution is 9.10. The first-order valence-corrected chi connectivity index (χ1v) is 9.24. The largest absolute Gasteiger partial charge is 0.444 e. The summed E-state index contributed by atoms with van der Waals surface area (Å²) in [5, 5.41) is 3.28. The molecule has 25 heavy (non-hydrogen) atoms. The molecule has 0 aliphatic carbocycles. The monoisotopic (exact) mass is 431 g/mol. The number of ether oxygens (including phenoxy) is 1. The van der Waals surface area contributed by atoms with Crippen LogP contribution in [0.3, 0.4) is 0 Å². The molecule has 0 radical (unpaired) electrons. The second-order valence-corrected chi connectivity index (χ2v) is 8.35. The van der Waals surface area contributed by atoms with Crippen LogP contribution in [-0.4, -0.2) is 53.2 Å². The number of anilines is 1. The van der Waals surface area contributed by atoms with Crippen molar-refractivity contribution in [1.29, 1.82) is 0 Å². The zero-order valence-corrected chi connectivity index (χ0v) is 17.1. The van der Waals surface area contributed by atoms with Crippen LogP contribution in [0.15, 0.2) is 22.7 Å². The molecule has 0 saturated carbocycles. The summed E-state index contributed by atoms with van der Waals surface area (Å²) in [5.74, 6) is 0. The van der Waals surface area contributed by atoms with Gasteiger partial charge in [0.15, 0.2) is 0 Å². The van der Waals surface area contributed by atoms with E-state index in [2.05, 4.69) is 21.2 Å². The van der Waals surface area contributed by atoms with Gasteiger partial charge >= 0.3 is 12.1 Å². The summed E-state index contributed by atoms with van der Waals surface area (Å²) in [6.07, 6.45) is -0.352. The van der Waals surface area contributed by atoms with Crippen molar-refractivity contribution in [3.8, 4) is 0 Å². The van der Waals surface area contributed by atoms with Gasteiger partial charge in [0, 0.05) is 30.1 Å². The number of carbonyl (C=O) groups excluding carboxylic acids is 2. The molecule has 1 N–H and O–H groups in total. The predicted octanol–water partition coefficient (Wildman–Crippen LogP) is 4.58. The van der Waals surface area contributed by atoms with Crippen molar-refractivity contribution >= 4 is 45.3 Å². The highest BCUT2D eigenvalue weighted by Crippen LogP contribution is 2.26. The fraction of sp³-hybridized carbons (Fsp3) is 0.529. The molecule has 0 spiro atoms. The molecule has 1 aliphatic heterocycles. The zero-order valence-electron chi connectivity index (χ0n) is 14.8. The minimum absolute atomic E-state index is 0.129. The van der Waals surface area contributed by atoms with E-state index in [1.165, 1.54) is 0 Å². The van der Waals surface area contributed by atoms with E-state index in [1.54, 1.807) is 21.9 Å². The van der Waals surface area contributed by atoms with E-state index in [1.807, 2.05) is 33.8 Å². The van der Waals surface area contributed by atoms with Crippen molar-refractivity contribution in [2.45, 2.75) is 39.3 Å². The number of halogens is 2. The lowest BCUT2D eigenvalue weighted by Crippen LogP contribution is -2.57. The highest BCUT2D eigenvalue weighted by atomic mass is 79.9. The minimum atomic E-state index is -0.535. The summed E-state index contributed by atoms with van der Waals surface area (Å²) in [5.41, 5.74) is 0.0179. The molecule has 6 nitrogen and oxygen atoms in total. The van der Waals surface area contributed by atoms with Gasteiger partial charge in [-0.1, -0.05) is 27.5 Å². The molecule has 1 aliphatic rings. The molecule has 1 unspecified atom stereocenters. The number of carbonyl (C=O) groups is 2. The second-order valence-electron chi connectivity index (χ2n) is 7.02. The first-order valence-electron chi connectivity index (χ1n) is 8.07. The van der Waals surface area contributed by atoms with E-state index in [0.717, 1.165) is 4.47 Å². The molecule has 3 amide bonds. The number of nitrogens with one attached hydrogen (secondary N) is 1. The maximum Gasteiger partial charge on any atom is 0.410 e. The van der Waals surface area contributed by atoms with E-state index >= 15 is 0 Å². The number of benzene rings is 1. The molecule has 1 saturated heterocycles. The summed E-state index contributed by atoms with van der Waals surface area (Å²) in [6, 6.07) is 4.91. The molecule has 138 valence electrons. The third kappa shape index (κ3) is 5.51. The van der Waals surface area contributed by atoms with Gasteiger partial charge in [-0.2, -0.15) is 0 Å². The summed E-state index contributed by atoms with van der Waals surface area (Å²) < 4.78 is 6.23. The number of nitrogens with zero attached hydrogens (tertiary/aromatic N) is 2. The zero-order chi connectivity index (χ0) is 18.8. The van der Waals surface area contributed by atoms with Crippen LogP contribution in [0.25, 0.3) is 0 Å². The topological polar surface area (TPSA) is 61.9 Å². The standard InChI is InChI=1S/C17H23BrClN3O3/c1-11-10-21(16(24)25-17(2,3)4)7-8-22(11)15(23)20-14-6-5-12(18)9-13(14)19/h5-6,9,11H,7-8,10H2,1-4H3,(H,20,23). The Kier molecular flexibility index (Phi) is 6.21. The normalized spacial score (nSPS) is 18.1. The molecule has 2 rings (SSSR count). The number of hydrogen-bond acceptors (Lipinski definition) is 3. The van der Waals surface area contributed by atoms with Gasteiger partial charge in [-0.15, -0.1) is 0 Å². The van der Waals surface area contributed by atoms with Gasteiger partial charge in [-0.3, -0.25) is 0 Å². The molecule has 1 atom stereocenters. The number of urea groups is 1. The Balaban J connectivity index is 1.96. The summed E-state index contributed by atoms with van der Waals surface area (Å²) >= 11 is 9.48. The smallest absolute Gasteiger partial charge is 0.410 e. The lowest BCUT2D eigenvalue weighted by Gasteiger charge is -2.40. The van der Waals surface area contributed by atoms with Gasteiger partial charge in [0.1, 0.15) is 5.60 Å². The summed E-state index contributed by atoms with van der Waals surface area (Å²) in [6.45, 7) is 8.69. The van der Waals surface area contributed by atoms with Crippen LogP contribution in [0.4, 0.5) is 15.3 Å². The SMILES string of the molecule is CC1CN(C(=O)OC(C)(C)C)CCN1C(=O)Nc1ccc(Br)cc1Cl. The fourth-order valence-electron chi connectivity index (χ4n) is 2.53. The first kappa shape index (κ1) is 19.8.